The van der Waals surface area contributed by atoms with Crippen LogP contribution in [0, 0.1) is 17.8 Å². The van der Waals surface area contributed by atoms with Crippen molar-refractivity contribution in [3.8, 4) is 68.3 Å². The van der Waals surface area contributed by atoms with E-state index in [1.54, 1.807) is 95.7 Å². The molecule has 9 aromatic rings. The number of hydrogen-bond acceptors (Lipinski definition) is 18. The van der Waals surface area contributed by atoms with Crippen molar-refractivity contribution < 1.29 is 71.6 Å². The Labute approximate surface area is 698 Å². The number of aryl methyl sites for hydroxylation is 3. The molecule has 9 rings (SSSR count). The van der Waals surface area contributed by atoms with Crippen molar-refractivity contribution in [2.24, 2.45) is 17.8 Å². The number of Topliss-reactive ketones (excluding diaryl/α,β-unsaturated/α-hetero) is 3. The maximum Gasteiger partial charge on any atom is 0.272 e. The maximum absolute atomic E-state index is 13.6. The van der Waals surface area contributed by atoms with Crippen molar-refractivity contribution in [1.29, 1.82) is 0 Å². The van der Waals surface area contributed by atoms with E-state index in [2.05, 4.69) is 88.7 Å². The van der Waals surface area contributed by atoms with Gasteiger partial charge in [-0.1, -0.05) is 178 Å². The van der Waals surface area contributed by atoms with E-state index in [1.165, 1.54) is 0 Å². The number of rotatable bonds is 43. The standard InChI is InChI=1S/2C31H40N4O5.C30H38N4O5/c1-7-23(36)19-32-30(37)24(17-16-22-12-9-8-10-13-22)33-31(38)25-18-26(35(34-25)21(4)20(2)3)29-27(39-5)14-11-15-28(29)40-6;1-6-21(3)20-35-26(29-27(39-4)14-11-15-28(29)40-5)18-25(34-35)31(38)33-24(30(37)32-19-23(36)7-2)17-16-22-12-9-8-10-13-22;1-6-22(35)18-31-29(36)23(16-15-21-11-8-7-9-12-21)32-30(37)24-17-25(34(33-24)19-20(2)3)28-26(38-4)13-10-14-27(28)39-5/h8-15,18,20-21,24H,7,16-17,19H2,1-6H3,(H,32,37)(H,33,38);8-15,18,21,24H,6-7,16-17,19-20H2,1-5H3,(H,32,37)(H,33,38);7-14,17,20,23H,6,15-16,18-19H2,1-5H3,(H,31,36)(H,32,37)/t2*21?,24-;23-/m000/s1. The van der Waals surface area contributed by atoms with Crippen molar-refractivity contribution in [1.82, 2.24) is 61.2 Å². The van der Waals surface area contributed by atoms with E-state index >= 15 is 0 Å². The molecular formula is C92H118N12O15. The summed E-state index contributed by atoms with van der Waals surface area (Å²) in [6.07, 6.45) is 4.71. The van der Waals surface area contributed by atoms with Crippen LogP contribution in [0.15, 0.2) is 164 Å². The number of carbonyl (C=O) groups is 9. The van der Waals surface area contributed by atoms with Crippen LogP contribution in [0.2, 0.25) is 0 Å². The van der Waals surface area contributed by atoms with Crippen molar-refractivity contribution in [2.75, 3.05) is 62.3 Å². The average Bonchev–Trinajstić information content (AvgIpc) is 1.66. The smallest absolute Gasteiger partial charge is 0.272 e. The Morgan fingerprint density at radius 3 is 0.924 bits per heavy atom. The fourth-order valence-electron chi connectivity index (χ4n) is 12.8. The summed E-state index contributed by atoms with van der Waals surface area (Å²) in [5.74, 6) is 1.39. The molecule has 3 aromatic heterocycles. The zero-order chi connectivity index (χ0) is 86.7. The van der Waals surface area contributed by atoms with Gasteiger partial charge in [0.15, 0.2) is 34.4 Å². The van der Waals surface area contributed by atoms with E-state index in [-0.39, 0.29) is 71.9 Å². The second-order valence-corrected chi connectivity index (χ2v) is 29.5. The Hall–Kier alpha value is -12.4. The van der Waals surface area contributed by atoms with Gasteiger partial charge in [-0.15, -0.1) is 0 Å². The Bertz CT molecular complexity index is 4740. The third-order valence-corrected chi connectivity index (χ3v) is 20.2. The molecule has 2 unspecified atom stereocenters. The van der Waals surface area contributed by atoms with Crippen LogP contribution in [-0.2, 0) is 61.1 Å². The number of ether oxygens (including phenoxy) is 6. The third-order valence-electron chi connectivity index (χ3n) is 20.2. The number of hydrogen-bond donors (Lipinski definition) is 6. The number of aromatic nitrogens is 6. The van der Waals surface area contributed by atoms with Crippen LogP contribution in [0.4, 0.5) is 0 Å². The summed E-state index contributed by atoms with van der Waals surface area (Å²) in [6, 6.07) is 48.1. The Balaban J connectivity index is 0.000000246. The van der Waals surface area contributed by atoms with Gasteiger partial charge in [-0.3, -0.25) is 57.2 Å². The first kappa shape index (κ1) is 93.7. The molecule has 636 valence electrons. The molecule has 0 saturated heterocycles. The van der Waals surface area contributed by atoms with Crippen molar-refractivity contribution in [3.05, 3.63) is 198 Å². The minimum Gasteiger partial charge on any atom is -0.496 e. The summed E-state index contributed by atoms with van der Waals surface area (Å²) < 4.78 is 39.1. The third kappa shape index (κ3) is 27.3. The normalized spacial score (nSPS) is 12.2. The van der Waals surface area contributed by atoms with Gasteiger partial charge in [0.25, 0.3) is 17.7 Å². The molecular weight excluding hydrogens is 1510 g/mol. The van der Waals surface area contributed by atoms with Gasteiger partial charge >= 0.3 is 0 Å². The molecule has 119 heavy (non-hydrogen) atoms. The minimum absolute atomic E-state index is 0.0524. The first-order valence-corrected chi connectivity index (χ1v) is 40.6. The molecule has 0 fully saturated rings. The van der Waals surface area contributed by atoms with E-state index < -0.39 is 53.6 Å². The molecule has 3 heterocycles. The first-order valence-electron chi connectivity index (χ1n) is 40.6. The van der Waals surface area contributed by atoms with E-state index in [0.29, 0.717) is 145 Å². The molecule has 0 spiro atoms. The first-order chi connectivity index (χ1) is 57.3. The van der Waals surface area contributed by atoms with Crippen LogP contribution < -0.4 is 60.3 Å². The van der Waals surface area contributed by atoms with E-state index in [0.717, 1.165) is 23.1 Å². The topological polar surface area (TPSA) is 335 Å². The summed E-state index contributed by atoms with van der Waals surface area (Å²) in [5.41, 5.74) is 7.71. The fourth-order valence-corrected chi connectivity index (χ4v) is 12.8. The molecule has 6 aromatic carbocycles. The molecule has 0 aliphatic carbocycles. The quantitative estimate of drug-likeness (QED) is 0.0207. The number of amides is 6. The minimum atomic E-state index is -0.853. The summed E-state index contributed by atoms with van der Waals surface area (Å²) in [4.78, 5) is 115. The lowest BCUT2D eigenvalue weighted by Crippen LogP contribution is -2.48. The second-order valence-electron chi connectivity index (χ2n) is 29.5. The van der Waals surface area contributed by atoms with E-state index in [9.17, 15) is 43.2 Å². The highest BCUT2D eigenvalue weighted by Crippen LogP contribution is 2.43. The Morgan fingerprint density at radius 2 is 0.647 bits per heavy atom. The molecule has 6 amide bonds. The highest BCUT2D eigenvalue weighted by Gasteiger charge is 2.32. The van der Waals surface area contributed by atoms with Crippen LogP contribution in [-0.4, -0.2) is 163 Å². The lowest BCUT2D eigenvalue weighted by Gasteiger charge is -2.21. The summed E-state index contributed by atoms with van der Waals surface area (Å²) in [5, 5.41) is 30.5. The predicted octanol–water partition coefficient (Wildman–Crippen LogP) is 13.1. The molecule has 0 aliphatic heterocycles. The van der Waals surface area contributed by atoms with Crippen molar-refractivity contribution in [3.63, 3.8) is 0 Å². The SMILES string of the molecule is CCC(=O)CNC(=O)[C@H](CCc1ccccc1)NC(=O)c1cc(-c2c(OC)cccc2OC)n(C(C)C(C)C)n1.CCC(=O)CNC(=O)[C@H](CCc1ccccc1)NC(=O)c1cc(-c2c(OC)cccc2OC)n(CC(C)C)n1.CCC(=O)CNC(=O)[C@H](CCc1ccccc1)NC(=O)c1cc(-c2c(OC)cccc2OC)n(CC(C)CC)n1. The molecule has 0 aliphatic rings. The molecule has 6 N–H and O–H groups in total. The van der Waals surface area contributed by atoms with Crippen LogP contribution in [0.5, 0.6) is 34.5 Å². The summed E-state index contributed by atoms with van der Waals surface area (Å²) in [7, 11) is 9.49. The van der Waals surface area contributed by atoms with Crippen molar-refractivity contribution >= 4 is 52.8 Å². The Kier molecular flexibility index (Phi) is 37.6. The molecule has 0 bridgehead atoms. The van der Waals surface area contributed by atoms with E-state index in [4.69, 9.17) is 28.4 Å². The van der Waals surface area contributed by atoms with Crippen LogP contribution in [0.25, 0.3) is 33.8 Å². The monoisotopic (exact) mass is 1630 g/mol. The molecule has 0 saturated carbocycles. The van der Waals surface area contributed by atoms with Crippen LogP contribution in [0.3, 0.4) is 0 Å². The number of carbonyl (C=O) groups excluding carboxylic acids is 9. The van der Waals surface area contributed by atoms with Crippen LogP contribution in [0.1, 0.15) is 168 Å². The van der Waals surface area contributed by atoms with Gasteiger partial charge in [0.05, 0.1) is 102 Å². The lowest BCUT2D eigenvalue weighted by molar-refractivity contribution is -0.126. The average molecular weight is 1630 g/mol. The molecule has 27 nitrogen and oxygen atoms in total. The molecule has 0 radical (unpaired) electrons. The lowest BCUT2D eigenvalue weighted by atomic mass is 10.0. The number of benzene rings is 6. The summed E-state index contributed by atoms with van der Waals surface area (Å²) >= 11 is 0. The van der Waals surface area contributed by atoms with Gasteiger partial charge in [0.1, 0.15) is 52.6 Å². The Morgan fingerprint density at radius 1 is 0.361 bits per heavy atom. The number of ketones is 3. The zero-order valence-corrected chi connectivity index (χ0v) is 71.5. The van der Waals surface area contributed by atoms with E-state index in [1.807, 2.05) is 153 Å². The highest BCUT2D eigenvalue weighted by molar-refractivity contribution is 6.00. The van der Waals surface area contributed by atoms with Gasteiger partial charge in [-0.25, -0.2) is 0 Å². The number of nitrogens with one attached hydrogen (secondary N) is 6. The fraction of sp³-hybridized carbons (Fsp3) is 0.413. The largest absolute Gasteiger partial charge is 0.496 e. The van der Waals surface area contributed by atoms with Gasteiger partial charge in [0, 0.05) is 32.4 Å². The van der Waals surface area contributed by atoms with Gasteiger partial charge in [-0.2, -0.15) is 15.3 Å². The zero-order valence-electron chi connectivity index (χ0n) is 71.5. The van der Waals surface area contributed by atoms with Gasteiger partial charge in [-0.05, 0) is 134 Å². The van der Waals surface area contributed by atoms with Crippen molar-refractivity contribution in [2.45, 2.75) is 171 Å². The van der Waals surface area contributed by atoms with Crippen LogP contribution >= 0.6 is 0 Å². The second kappa shape index (κ2) is 47.7. The number of methoxy groups -OCH3 is 6. The maximum atomic E-state index is 13.6. The van der Waals surface area contributed by atoms with Gasteiger partial charge in [0.2, 0.25) is 17.7 Å². The number of nitrogens with zero attached hydrogens (tertiary/aromatic N) is 6. The van der Waals surface area contributed by atoms with Gasteiger partial charge < -0.3 is 60.3 Å². The summed E-state index contributed by atoms with van der Waals surface area (Å²) in [6.45, 7) is 20.7. The molecule has 5 atom stereocenters. The highest BCUT2D eigenvalue weighted by atomic mass is 16.5. The molecule has 27 heteroatoms. The predicted molar refractivity (Wildman–Crippen MR) is 459 cm³/mol.